The molecule has 0 radical (unpaired) electrons. The van der Waals surface area contributed by atoms with E-state index in [0.717, 1.165) is 59.7 Å². The number of fused-ring (bicyclic) bond motifs is 1. The van der Waals surface area contributed by atoms with E-state index in [0.29, 0.717) is 0 Å². The molecule has 1 aliphatic carbocycles. The van der Waals surface area contributed by atoms with Gasteiger partial charge in [-0.15, -0.1) is 11.8 Å². The minimum Gasteiger partial charge on any atom is -0.349 e. The van der Waals surface area contributed by atoms with Gasteiger partial charge in [-0.1, -0.05) is 0 Å². The van der Waals surface area contributed by atoms with Crippen LogP contribution in [0.1, 0.15) is 25.7 Å². The zero-order chi connectivity index (χ0) is 17.2. The lowest BCUT2D eigenvalue weighted by Gasteiger charge is -2.29. The number of carbonyl (C=O) groups excluding carboxylic acids is 1. The van der Waals surface area contributed by atoms with Crippen LogP contribution in [-0.2, 0) is 4.79 Å². The average molecular weight is 358 g/mol. The molecule has 25 heavy (non-hydrogen) atoms. The Morgan fingerprint density at radius 2 is 2.32 bits per heavy atom. The third-order valence-electron chi connectivity index (χ3n) is 4.74. The van der Waals surface area contributed by atoms with Crippen molar-refractivity contribution in [2.45, 2.75) is 37.8 Å². The number of H-pyrrole nitrogens is 1. The van der Waals surface area contributed by atoms with E-state index in [4.69, 9.17) is 5.73 Å². The number of aromatic nitrogens is 3. The van der Waals surface area contributed by atoms with Gasteiger partial charge in [-0.05, 0) is 31.7 Å². The van der Waals surface area contributed by atoms with Crippen molar-refractivity contribution < 1.29 is 4.79 Å². The SMILES string of the molecule is N[C@@H]1CCC[C@@H](NC(=O)C2=CN(c3ncnc4[nH]ccc34)CCS2)C1. The van der Waals surface area contributed by atoms with Crippen molar-refractivity contribution in [2.24, 2.45) is 5.73 Å². The van der Waals surface area contributed by atoms with Gasteiger partial charge in [0, 0.05) is 36.8 Å². The van der Waals surface area contributed by atoms with E-state index in [9.17, 15) is 4.79 Å². The third-order valence-corrected chi connectivity index (χ3v) is 5.73. The summed E-state index contributed by atoms with van der Waals surface area (Å²) >= 11 is 1.59. The second-order valence-corrected chi connectivity index (χ2v) is 7.71. The molecule has 132 valence electrons. The fraction of sp³-hybridized carbons (Fsp3) is 0.471. The van der Waals surface area contributed by atoms with Crippen LogP contribution in [0.25, 0.3) is 11.0 Å². The molecule has 4 rings (SSSR count). The van der Waals surface area contributed by atoms with Gasteiger partial charge in [0.2, 0.25) is 0 Å². The first-order valence-electron chi connectivity index (χ1n) is 8.66. The Labute approximate surface area is 150 Å². The maximum absolute atomic E-state index is 12.7. The van der Waals surface area contributed by atoms with Crippen molar-refractivity contribution >= 4 is 34.5 Å². The number of rotatable bonds is 3. The highest BCUT2D eigenvalue weighted by Gasteiger charge is 2.25. The summed E-state index contributed by atoms with van der Waals surface area (Å²) in [5, 5.41) is 4.11. The quantitative estimate of drug-likeness (QED) is 0.773. The summed E-state index contributed by atoms with van der Waals surface area (Å²) in [4.78, 5) is 27.2. The van der Waals surface area contributed by atoms with Gasteiger partial charge in [-0.3, -0.25) is 4.79 Å². The molecule has 1 fully saturated rings. The molecule has 0 unspecified atom stereocenters. The molecule has 1 aliphatic heterocycles. The monoisotopic (exact) mass is 358 g/mol. The predicted molar refractivity (Wildman–Crippen MR) is 100 cm³/mol. The van der Waals surface area contributed by atoms with Crippen LogP contribution in [0.15, 0.2) is 29.7 Å². The smallest absolute Gasteiger partial charge is 0.259 e. The molecule has 2 atom stereocenters. The number of nitrogens with zero attached hydrogens (tertiary/aromatic N) is 3. The summed E-state index contributed by atoms with van der Waals surface area (Å²) in [6.45, 7) is 0.813. The molecule has 8 heteroatoms. The highest BCUT2D eigenvalue weighted by atomic mass is 32.2. The number of aromatic amines is 1. The summed E-state index contributed by atoms with van der Waals surface area (Å²) in [5.74, 6) is 1.67. The number of hydrogen-bond donors (Lipinski definition) is 3. The molecule has 0 bridgehead atoms. The number of amides is 1. The Morgan fingerprint density at radius 1 is 1.40 bits per heavy atom. The molecular formula is C17H22N6OS. The van der Waals surface area contributed by atoms with Gasteiger partial charge in [0.25, 0.3) is 5.91 Å². The molecule has 1 amide bonds. The zero-order valence-corrected chi connectivity index (χ0v) is 14.8. The van der Waals surface area contributed by atoms with Crippen LogP contribution >= 0.6 is 11.8 Å². The minimum atomic E-state index is -0.00633. The van der Waals surface area contributed by atoms with E-state index < -0.39 is 0 Å². The highest BCUT2D eigenvalue weighted by molar-refractivity contribution is 8.04. The minimum absolute atomic E-state index is 0.00633. The topological polar surface area (TPSA) is 99.9 Å². The van der Waals surface area contributed by atoms with E-state index in [1.807, 2.05) is 23.4 Å². The highest BCUT2D eigenvalue weighted by Crippen LogP contribution is 2.29. The van der Waals surface area contributed by atoms with E-state index >= 15 is 0 Å². The number of carbonyl (C=O) groups is 1. The summed E-state index contributed by atoms with van der Waals surface area (Å²) in [6, 6.07) is 2.35. The van der Waals surface area contributed by atoms with Crippen molar-refractivity contribution in [1.29, 1.82) is 0 Å². The Balaban J connectivity index is 1.52. The fourth-order valence-corrected chi connectivity index (χ4v) is 4.39. The molecular weight excluding hydrogens is 336 g/mol. The standard InChI is InChI=1S/C17H22N6OS/c18-11-2-1-3-12(8-11)22-17(24)14-9-23(6-7-25-14)16-13-4-5-19-15(13)20-10-21-16/h4-5,9-12H,1-3,6-8,18H2,(H,22,24)(H,19,20,21)/t11-,12-/m1/s1. The summed E-state index contributed by atoms with van der Waals surface area (Å²) in [7, 11) is 0. The number of anilines is 1. The first-order valence-corrected chi connectivity index (χ1v) is 9.65. The molecule has 2 aliphatic rings. The molecule has 0 spiro atoms. The Bertz CT molecular complexity index is 803. The number of thioether (sulfide) groups is 1. The van der Waals surface area contributed by atoms with Crippen LogP contribution in [0.2, 0.25) is 0 Å². The lowest BCUT2D eigenvalue weighted by molar-refractivity contribution is -0.117. The van der Waals surface area contributed by atoms with Crippen molar-refractivity contribution in [1.82, 2.24) is 20.3 Å². The lowest BCUT2D eigenvalue weighted by Crippen LogP contribution is -2.43. The number of nitrogens with one attached hydrogen (secondary N) is 2. The van der Waals surface area contributed by atoms with Gasteiger partial charge < -0.3 is 20.9 Å². The summed E-state index contributed by atoms with van der Waals surface area (Å²) in [5.41, 5.74) is 6.83. The summed E-state index contributed by atoms with van der Waals surface area (Å²) < 4.78 is 0. The van der Waals surface area contributed by atoms with Gasteiger partial charge >= 0.3 is 0 Å². The second kappa shape index (κ2) is 7.05. The summed E-state index contributed by atoms with van der Waals surface area (Å²) in [6.07, 6.45) is 9.31. The van der Waals surface area contributed by atoms with Crippen LogP contribution in [-0.4, -0.2) is 45.2 Å². The van der Waals surface area contributed by atoms with Crippen molar-refractivity contribution in [2.75, 3.05) is 17.2 Å². The average Bonchev–Trinajstić information content (AvgIpc) is 3.10. The van der Waals surface area contributed by atoms with Crippen LogP contribution < -0.4 is 16.0 Å². The Morgan fingerprint density at radius 3 is 3.20 bits per heavy atom. The molecule has 4 N–H and O–H groups in total. The van der Waals surface area contributed by atoms with E-state index in [1.165, 1.54) is 0 Å². The number of nitrogens with two attached hydrogens (primary N) is 1. The normalized spacial score (nSPS) is 24.2. The van der Waals surface area contributed by atoms with Gasteiger partial charge in [-0.25, -0.2) is 9.97 Å². The number of hydrogen-bond acceptors (Lipinski definition) is 6. The fourth-order valence-electron chi connectivity index (χ4n) is 3.49. The van der Waals surface area contributed by atoms with Gasteiger partial charge in [-0.2, -0.15) is 0 Å². The van der Waals surface area contributed by atoms with Crippen molar-refractivity contribution in [3.05, 3.63) is 29.7 Å². The predicted octanol–water partition coefficient (Wildman–Crippen LogP) is 1.74. The molecule has 0 aromatic carbocycles. The van der Waals surface area contributed by atoms with Crippen LogP contribution in [0.3, 0.4) is 0 Å². The molecule has 0 saturated heterocycles. The Hall–Kier alpha value is -2.06. The maximum Gasteiger partial charge on any atom is 0.259 e. The molecule has 2 aromatic rings. The van der Waals surface area contributed by atoms with Gasteiger partial charge in [0.15, 0.2) is 0 Å². The third kappa shape index (κ3) is 3.50. The molecule has 3 heterocycles. The molecule has 1 saturated carbocycles. The van der Waals surface area contributed by atoms with E-state index in [2.05, 4.69) is 20.3 Å². The van der Waals surface area contributed by atoms with Crippen LogP contribution in [0, 0.1) is 0 Å². The van der Waals surface area contributed by atoms with E-state index in [-0.39, 0.29) is 18.0 Å². The van der Waals surface area contributed by atoms with Gasteiger partial charge in [0.05, 0.1) is 10.3 Å². The molecule has 7 nitrogen and oxygen atoms in total. The van der Waals surface area contributed by atoms with E-state index in [1.54, 1.807) is 18.1 Å². The first-order chi connectivity index (χ1) is 12.2. The zero-order valence-electron chi connectivity index (χ0n) is 13.9. The van der Waals surface area contributed by atoms with Crippen LogP contribution in [0.4, 0.5) is 5.82 Å². The largest absolute Gasteiger partial charge is 0.349 e. The first kappa shape index (κ1) is 16.4. The second-order valence-electron chi connectivity index (χ2n) is 6.57. The maximum atomic E-state index is 12.7. The Kier molecular flexibility index (Phi) is 4.63. The van der Waals surface area contributed by atoms with Crippen molar-refractivity contribution in [3.8, 4) is 0 Å². The lowest BCUT2D eigenvalue weighted by atomic mass is 9.91. The van der Waals surface area contributed by atoms with Crippen molar-refractivity contribution in [3.63, 3.8) is 0 Å². The van der Waals surface area contributed by atoms with Gasteiger partial charge in [0.1, 0.15) is 17.8 Å². The molecule has 2 aromatic heterocycles. The van der Waals surface area contributed by atoms with Crippen LogP contribution in [0.5, 0.6) is 0 Å².